The normalized spacial score (nSPS) is 12.8. The Hall–Kier alpha value is -0.810. The molecule has 0 bridgehead atoms. The number of ether oxygens (including phenoxy) is 2. The van der Waals surface area contributed by atoms with Crippen molar-refractivity contribution in [1.29, 1.82) is 0 Å². The van der Waals surface area contributed by atoms with Crippen LogP contribution < -0.4 is 4.74 Å². The second kappa shape index (κ2) is 7.59. The van der Waals surface area contributed by atoms with E-state index in [4.69, 9.17) is 26.2 Å². The van der Waals surface area contributed by atoms with Crippen LogP contribution in [0.3, 0.4) is 0 Å². The smallest absolute Gasteiger partial charge is 0.138 e. The molecule has 0 aliphatic carbocycles. The maximum Gasteiger partial charge on any atom is 0.138 e. The third kappa shape index (κ3) is 5.23. The van der Waals surface area contributed by atoms with E-state index in [1.165, 1.54) is 0 Å². The summed E-state index contributed by atoms with van der Waals surface area (Å²) in [5.74, 6) is 0.484. The molecule has 0 aromatic heterocycles. The topological polar surface area (TPSA) is 58.9 Å². The lowest BCUT2D eigenvalue weighted by Gasteiger charge is -2.15. The number of benzene rings is 1. The number of aliphatic hydroxyl groups is 2. The summed E-state index contributed by atoms with van der Waals surface area (Å²) in [6.07, 6.45) is -0.618. The molecular formula is C13H19ClO4. The van der Waals surface area contributed by atoms with Crippen molar-refractivity contribution < 1.29 is 19.7 Å². The van der Waals surface area contributed by atoms with Crippen molar-refractivity contribution in [3.8, 4) is 5.75 Å². The fourth-order valence-corrected chi connectivity index (χ4v) is 1.56. The van der Waals surface area contributed by atoms with Crippen molar-refractivity contribution in [3.05, 3.63) is 28.8 Å². The Morgan fingerprint density at radius 1 is 1.28 bits per heavy atom. The van der Waals surface area contributed by atoms with Gasteiger partial charge in [0.05, 0.1) is 24.3 Å². The van der Waals surface area contributed by atoms with Crippen LogP contribution in [0.1, 0.15) is 19.4 Å². The standard InChI is InChI=1S/C13H19ClO4/c1-9(2)17-7-11(16)8-18-13-4-3-10(6-15)5-12(13)14/h3-5,9,11,15-16H,6-8H2,1-2H3. The molecule has 0 heterocycles. The van der Waals surface area contributed by atoms with Crippen molar-refractivity contribution in [2.45, 2.75) is 32.7 Å². The molecule has 1 aromatic carbocycles. The highest BCUT2D eigenvalue weighted by molar-refractivity contribution is 6.32. The fraction of sp³-hybridized carbons (Fsp3) is 0.538. The molecule has 2 N–H and O–H groups in total. The molecule has 4 nitrogen and oxygen atoms in total. The molecule has 0 saturated carbocycles. The van der Waals surface area contributed by atoms with E-state index >= 15 is 0 Å². The number of rotatable bonds is 7. The van der Waals surface area contributed by atoms with Crippen LogP contribution >= 0.6 is 11.6 Å². The van der Waals surface area contributed by atoms with Gasteiger partial charge in [0.15, 0.2) is 0 Å². The van der Waals surface area contributed by atoms with Gasteiger partial charge in [0.2, 0.25) is 0 Å². The summed E-state index contributed by atoms with van der Waals surface area (Å²) in [6, 6.07) is 5.02. The summed E-state index contributed by atoms with van der Waals surface area (Å²) >= 11 is 5.97. The molecule has 0 aliphatic heterocycles. The lowest BCUT2D eigenvalue weighted by Crippen LogP contribution is -2.25. The van der Waals surface area contributed by atoms with Crippen LogP contribution in [0.2, 0.25) is 5.02 Å². The van der Waals surface area contributed by atoms with Gasteiger partial charge in [0.25, 0.3) is 0 Å². The second-order valence-electron chi connectivity index (χ2n) is 4.27. The number of halogens is 1. The van der Waals surface area contributed by atoms with E-state index in [1.54, 1.807) is 18.2 Å². The molecule has 1 unspecified atom stereocenters. The van der Waals surface area contributed by atoms with E-state index in [-0.39, 0.29) is 25.9 Å². The average Bonchev–Trinajstić information content (AvgIpc) is 2.34. The number of aliphatic hydroxyl groups excluding tert-OH is 2. The van der Waals surface area contributed by atoms with E-state index in [9.17, 15) is 5.11 Å². The maximum atomic E-state index is 9.62. The van der Waals surface area contributed by atoms with Crippen LogP contribution in [-0.4, -0.2) is 35.6 Å². The molecule has 0 radical (unpaired) electrons. The monoisotopic (exact) mass is 274 g/mol. The molecule has 1 aromatic rings. The van der Waals surface area contributed by atoms with E-state index in [0.717, 1.165) is 5.56 Å². The first kappa shape index (κ1) is 15.2. The Morgan fingerprint density at radius 2 is 2.00 bits per heavy atom. The van der Waals surface area contributed by atoms with Gasteiger partial charge in [-0.05, 0) is 31.5 Å². The van der Waals surface area contributed by atoms with Crippen molar-refractivity contribution in [2.24, 2.45) is 0 Å². The fourth-order valence-electron chi connectivity index (χ4n) is 1.30. The van der Waals surface area contributed by atoms with Gasteiger partial charge in [-0.3, -0.25) is 0 Å². The van der Waals surface area contributed by atoms with Gasteiger partial charge in [-0.2, -0.15) is 0 Å². The molecule has 0 spiro atoms. The highest BCUT2D eigenvalue weighted by atomic mass is 35.5. The summed E-state index contributed by atoms with van der Waals surface area (Å²) in [5.41, 5.74) is 0.719. The molecule has 0 fully saturated rings. The van der Waals surface area contributed by atoms with E-state index < -0.39 is 6.10 Å². The maximum absolute atomic E-state index is 9.62. The first-order chi connectivity index (χ1) is 8.52. The lowest BCUT2D eigenvalue weighted by atomic mass is 10.2. The summed E-state index contributed by atoms with van der Waals surface area (Å²) < 4.78 is 10.6. The van der Waals surface area contributed by atoms with Gasteiger partial charge in [-0.1, -0.05) is 17.7 Å². The summed E-state index contributed by atoms with van der Waals surface area (Å²) in [4.78, 5) is 0. The first-order valence-electron chi connectivity index (χ1n) is 5.84. The third-order valence-electron chi connectivity index (χ3n) is 2.23. The van der Waals surface area contributed by atoms with Gasteiger partial charge < -0.3 is 19.7 Å². The highest BCUT2D eigenvalue weighted by Gasteiger charge is 2.09. The average molecular weight is 275 g/mol. The molecule has 102 valence electrons. The molecular weight excluding hydrogens is 256 g/mol. The van der Waals surface area contributed by atoms with Gasteiger partial charge in [0.1, 0.15) is 18.5 Å². The van der Waals surface area contributed by atoms with Crippen molar-refractivity contribution in [3.63, 3.8) is 0 Å². The van der Waals surface area contributed by atoms with Gasteiger partial charge in [-0.25, -0.2) is 0 Å². The Bertz CT molecular complexity index is 368. The van der Waals surface area contributed by atoms with Gasteiger partial charge >= 0.3 is 0 Å². The molecule has 1 atom stereocenters. The SMILES string of the molecule is CC(C)OCC(O)COc1ccc(CO)cc1Cl. The van der Waals surface area contributed by atoms with E-state index in [2.05, 4.69) is 0 Å². The van der Waals surface area contributed by atoms with E-state index in [1.807, 2.05) is 13.8 Å². The predicted molar refractivity (Wildman–Crippen MR) is 70.0 cm³/mol. The van der Waals surface area contributed by atoms with E-state index in [0.29, 0.717) is 10.8 Å². The van der Waals surface area contributed by atoms with Crippen LogP contribution in [0.15, 0.2) is 18.2 Å². The summed E-state index contributed by atoms with van der Waals surface area (Å²) in [5, 5.41) is 19.0. The molecule has 0 amide bonds. The van der Waals surface area contributed by atoms with Crippen LogP contribution in [0.25, 0.3) is 0 Å². The third-order valence-corrected chi connectivity index (χ3v) is 2.53. The molecule has 1 rings (SSSR count). The quantitative estimate of drug-likeness (QED) is 0.798. The Morgan fingerprint density at radius 3 is 2.56 bits per heavy atom. The Kier molecular flexibility index (Phi) is 6.43. The molecule has 5 heteroatoms. The molecule has 0 aliphatic rings. The first-order valence-corrected chi connectivity index (χ1v) is 6.22. The molecule has 0 saturated heterocycles. The largest absolute Gasteiger partial charge is 0.489 e. The van der Waals surface area contributed by atoms with Crippen molar-refractivity contribution in [1.82, 2.24) is 0 Å². The van der Waals surface area contributed by atoms with Crippen LogP contribution in [0, 0.1) is 0 Å². The zero-order chi connectivity index (χ0) is 13.5. The van der Waals surface area contributed by atoms with Gasteiger partial charge in [0, 0.05) is 0 Å². The predicted octanol–water partition coefficient (Wildman–Crippen LogP) is 2.00. The van der Waals surface area contributed by atoms with Crippen molar-refractivity contribution in [2.75, 3.05) is 13.2 Å². The zero-order valence-corrected chi connectivity index (χ0v) is 11.4. The number of hydrogen-bond acceptors (Lipinski definition) is 4. The van der Waals surface area contributed by atoms with Crippen molar-refractivity contribution >= 4 is 11.6 Å². The van der Waals surface area contributed by atoms with Crippen LogP contribution in [-0.2, 0) is 11.3 Å². The van der Waals surface area contributed by atoms with Crippen LogP contribution in [0.4, 0.5) is 0 Å². The zero-order valence-electron chi connectivity index (χ0n) is 10.6. The lowest BCUT2D eigenvalue weighted by molar-refractivity contribution is -0.0122. The van der Waals surface area contributed by atoms with Crippen LogP contribution in [0.5, 0.6) is 5.75 Å². The highest BCUT2D eigenvalue weighted by Crippen LogP contribution is 2.25. The van der Waals surface area contributed by atoms with Gasteiger partial charge in [-0.15, -0.1) is 0 Å². The Labute approximate surface area is 112 Å². The minimum atomic E-state index is -0.694. The second-order valence-corrected chi connectivity index (χ2v) is 4.68. The summed E-state index contributed by atoms with van der Waals surface area (Å²) in [6.45, 7) is 4.08. The minimum Gasteiger partial charge on any atom is -0.489 e. The summed E-state index contributed by atoms with van der Waals surface area (Å²) in [7, 11) is 0. The Balaban J connectivity index is 2.43. The molecule has 18 heavy (non-hydrogen) atoms. The minimum absolute atomic E-state index is 0.0646. The number of hydrogen-bond donors (Lipinski definition) is 2.